The van der Waals surface area contributed by atoms with Crippen LogP contribution in [0.1, 0.15) is 12.8 Å². The molecule has 1 saturated carbocycles. The summed E-state index contributed by atoms with van der Waals surface area (Å²) in [5, 5.41) is 8.93. The number of hydrogen-bond donors (Lipinski definition) is 0. The van der Waals surface area contributed by atoms with E-state index in [0.717, 1.165) is 15.1 Å². The summed E-state index contributed by atoms with van der Waals surface area (Å²) in [5.41, 5.74) is 0. The lowest BCUT2D eigenvalue weighted by atomic mass is 10.6. The minimum Gasteiger partial charge on any atom is -0.347 e. The summed E-state index contributed by atoms with van der Waals surface area (Å²) < 4.78 is 0.861. The summed E-state index contributed by atoms with van der Waals surface area (Å²) in [4.78, 5) is 2.20. The van der Waals surface area contributed by atoms with E-state index >= 15 is 0 Å². The molecule has 1 aromatic rings. The molecule has 0 unspecified atom stereocenters. The van der Waals surface area contributed by atoms with E-state index in [2.05, 4.69) is 38.1 Å². The van der Waals surface area contributed by atoms with Crippen LogP contribution in [0, 0.1) is 0 Å². The second kappa shape index (κ2) is 2.71. The van der Waals surface area contributed by atoms with Crippen LogP contribution in [0.5, 0.6) is 0 Å². The van der Waals surface area contributed by atoms with Crippen molar-refractivity contribution in [3.8, 4) is 0 Å². The molecule has 1 aliphatic carbocycles. The molecule has 0 aromatic carbocycles. The van der Waals surface area contributed by atoms with Gasteiger partial charge in [-0.1, -0.05) is 11.3 Å². The fourth-order valence-electron chi connectivity index (χ4n) is 0.959. The molecule has 0 amide bonds. The Morgan fingerprint density at radius 3 is 2.73 bits per heavy atom. The number of nitrogens with zero attached hydrogens (tertiary/aromatic N) is 3. The molecule has 1 aliphatic rings. The standard InChI is InChI=1S/C6H8BrN3S/c1-10(4-2-3-4)6-9-8-5(7)11-6/h4H,2-3H2,1H3. The molecule has 0 saturated heterocycles. The monoisotopic (exact) mass is 233 g/mol. The van der Waals surface area contributed by atoms with E-state index in [4.69, 9.17) is 0 Å². The molecule has 2 rings (SSSR count). The highest BCUT2D eigenvalue weighted by molar-refractivity contribution is 9.11. The third kappa shape index (κ3) is 1.54. The van der Waals surface area contributed by atoms with E-state index in [9.17, 15) is 0 Å². The molecule has 0 bridgehead atoms. The fraction of sp³-hybridized carbons (Fsp3) is 0.667. The van der Waals surface area contributed by atoms with Gasteiger partial charge in [-0.3, -0.25) is 0 Å². The van der Waals surface area contributed by atoms with Gasteiger partial charge in [-0.2, -0.15) is 0 Å². The molecule has 11 heavy (non-hydrogen) atoms. The van der Waals surface area contributed by atoms with Gasteiger partial charge >= 0.3 is 0 Å². The molecule has 1 aromatic heterocycles. The van der Waals surface area contributed by atoms with Gasteiger partial charge in [-0.15, -0.1) is 10.2 Å². The summed E-state index contributed by atoms with van der Waals surface area (Å²) in [5.74, 6) is 0. The van der Waals surface area contributed by atoms with Crippen LogP contribution in [0.2, 0.25) is 0 Å². The van der Waals surface area contributed by atoms with E-state index < -0.39 is 0 Å². The topological polar surface area (TPSA) is 29.0 Å². The predicted molar refractivity (Wildman–Crippen MR) is 49.0 cm³/mol. The van der Waals surface area contributed by atoms with Crippen molar-refractivity contribution in [2.75, 3.05) is 11.9 Å². The van der Waals surface area contributed by atoms with Crippen LogP contribution >= 0.6 is 27.3 Å². The SMILES string of the molecule is CN(c1nnc(Br)s1)C1CC1. The summed E-state index contributed by atoms with van der Waals surface area (Å²) >= 11 is 4.87. The Bertz CT molecular complexity index is 258. The van der Waals surface area contributed by atoms with Gasteiger partial charge in [-0.05, 0) is 28.8 Å². The summed E-state index contributed by atoms with van der Waals surface area (Å²) in [6.07, 6.45) is 2.60. The molecule has 0 atom stereocenters. The lowest BCUT2D eigenvalue weighted by molar-refractivity contribution is 0.887. The zero-order valence-electron chi connectivity index (χ0n) is 6.12. The number of halogens is 1. The Morgan fingerprint density at radius 1 is 1.55 bits per heavy atom. The molecular formula is C6H8BrN3S. The van der Waals surface area contributed by atoms with Gasteiger partial charge in [0.25, 0.3) is 0 Å². The van der Waals surface area contributed by atoms with E-state index in [1.54, 1.807) is 11.3 Å². The molecular weight excluding hydrogens is 226 g/mol. The normalized spacial score (nSPS) is 16.9. The highest BCUT2D eigenvalue weighted by atomic mass is 79.9. The molecule has 0 spiro atoms. The third-order valence-corrected chi connectivity index (χ3v) is 3.23. The summed E-state index contributed by atoms with van der Waals surface area (Å²) in [6, 6.07) is 0.717. The third-order valence-electron chi connectivity index (χ3n) is 1.79. The summed E-state index contributed by atoms with van der Waals surface area (Å²) in [7, 11) is 2.07. The first-order chi connectivity index (χ1) is 5.27. The molecule has 1 heterocycles. The van der Waals surface area contributed by atoms with Gasteiger partial charge in [0.2, 0.25) is 5.13 Å². The molecule has 1 fully saturated rings. The van der Waals surface area contributed by atoms with Crippen LogP contribution in [0.15, 0.2) is 3.92 Å². The fourth-order valence-corrected chi connectivity index (χ4v) is 2.08. The van der Waals surface area contributed by atoms with Crippen molar-refractivity contribution in [1.82, 2.24) is 10.2 Å². The number of aromatic nitrogens is 2. The van der Waals surface area contributed by atoms with Gasteiger partial charge in [-0.25, -0.2) is 0 Å². The molecule has 5 heteroatoms. The maximum absolute atomic E-state index is 4.02. The Hall–Kier alpha value is -0.160. The zero-order chi connectivity index (χ0) is 7.84. The lowest BCUT2D eigenvalue weighted by Crippen LogP contribution is -2.18. The zero-order valence-corrected chi connectivity index (χ0v) is 8.52. The Balaban J connectivity index is 2.14. The number of hydrogen-bond acceptors (Lipinski definition) is 4. The molecule has 0 N–H and O–H groups in total. The Kier molecular flexibility index (Phi) is 1.85. The van der Waals surface area contributed by atoms with Crippen LogP contribution in [0.25, 0.3) is 0 Å². The minimum atomic E-state index is 0.717. The average molecular weight is 234 g/mol. The molecule has 3 nitrogen and oxygen atoms in total. The lowest BCUT2D eigenvalue weighted by Gasteiger charge is -2.12. The molecule has 0 aliphatic heterocycles. The first-order valence-electron chi connectivity index (χ1n) is 3.49. The van der Waals surface area contributed by atoms with Crippen molar-refractivity contribution >= 4 is 32.4 Å². The number of anilines is 1. The molecule has 0 radical (unpaired) electrons. The van der Waals surface area contributed by atoms with E-state index in [1.807, 2.05) is 0 Å². The second-order valence-electron chi connectivity index (χ2n) is 2.68. The van der Waals surface area contributed by atoms with E-state index in [-0.39, 0.29) is 0 Å². The van der Waals surface area contributed by atoms with Crippen molar-refractivity contribution in [2.45, 2.75) is 18.9 Å². The van der Waals surface area contributed by atoms with Crippen molar-refractivity contribution in [3.05, 3.63) is 3.92 Å². The highest BCUT2D eigenvalue weighted by Gasteiger charge is 2.28. The first kappa shape index (κ1) is 7.49. The van der Waals surface area contributed by atoms with Gasteiger partial charge in [0.05, 0.1) is 0 Å². The largest absolute Gasteiger partial charge is 0.347 e. The summed E-state index contributed by atoms with van der Waals surface area (Å²) in [6.45, 7) is 0. The minimum absolute atomic E-state index is 0.717. The second-order valence-corrected chi connectivity index (χ2v) is 4.91. The van der Waals surface area contributed by atoms with Gasteiger partial charge in [0, 0.05) is 13.1 Å². The van der Waals surface area contributed by atoms with Crippen LogP contribution < -0.4 is 4.90 Å². The Labute approximate surface area is 77.6 Å². The van der Waals surface area contributed by atoms with Crippen LogP contribution in [0.4, 0.5) is 5.13 Å². The molecule has 60 valence electrons. The van der Waals surface area contributed by atoms with Gasteiger partial charge in [0.1, 0.15) is 0 Å². The van der Waals surface area contributed by atoms with Crippen molar-refractivity contribution in [2.24, 2.45) is 0 Å². The maximum atomic E-state index is 4.02. The smallest absolute Gasteiger partial charge is 0.209 e. The number of rotatable bonds is 2. The van der Waals surface area contributed by atoms with Crippen molar-refractivity contribution in [3.63, 3.8) is 0 Å². The first-order valence-corrected chi connectivity index (χ1v) is 5.10. The maximum Gasteiger partial charge on any atom is 0.209 e. The van der Waals surface area contributed by atoms with E-state index in [0.29, 0.717) is 0 Å². The van der Waals surface area contributed by atoms with Crippen molar-refractivity contribution in [1.29, 1.82) is 0 Å². The van der Waals surface area contributed by atoms with Gasteiger partial charge < -0.3 is 4.90 Å². The average Bonchev–Trinajstić information content (AvgIpc) is 2.74. The van der Waals surface area contributed by atoms with E-state index in [1.165, 1.54) is 12.8 Å². The van der Waals surface area contributed by atoms with Crippen LogP contribution in [-0.2, 0) is 0 Å². The van der Waals surface area contributed by atoms with Crippen molar-refractivity contribution < 1.29 is 0 Å². The van der Waals surface area contributed by atoms with Gasteiger partial charge in [0.15, 0.2) is 3.92 Å². The highest BCUT2D eigenvalue weighted by Crippen LogP contribution is 2.32. The Morgan fingerprint density at radius 2 is 2.27 bits per heavy atom. The quantitative estimate of drug-likeness (QED) is 0.782. The van der Waals surface area contributed by atoms with Crippen LogP contribution in [0.3, 0.4) is 0 Å². The predicted octanol–water partition coefficient (Wildman–Crippen LogP) is 1.90. The van der Waals surface area contributed by atoms with Crippen LogP contribution in [-0.4, -0.2) is 23.3 Å².